The van der Waals surface area contributed by atoms with E-state index in [1.54, 1.807) is 12.1 Å². The fraction of sp³-hybridized carbons (Fsp3) is 0.480. The fourth-order valence-corrected chi connectivity index (χ4v) is 4.04. The highest BCUT2D eigenvalue weighted by atomic mass is 19.1. The van der Waals surface area contributed by atoms with Gasteiger partial charge in [-0.1, -0.05) is 12.1 Å². The Bertz CT molecular complexity index is 896. The summed E-state index contributed by atoms with van der Waals surface area (Å²) in [6.45, 7) is 9.69. The molecule has 0 saturated carbocycles. The summed E-state index contributed by atoms with van der Waals surface area (Å²) in [6.07, 6.45) is 1.60. The summed E-state index contributed by atoms with van der Waals surface area (Å²) in [4.78, 5) is 14.6. The van der Waals surface area contributed by atoms with Crippen molar-refractivity contribution >= 4 is 5.91 Å². The molecular formula is C25H33FN2O3. The van der Waals surface area contributed by atoms with Crippen LogP contribution in [-0.2, 0) is 0 Å². The number of hydrogen-bond acceptors (Lipinski definition) is 4. The number of halogens is 1. The van der Waals surface area contributed by atoms with E-state index in [-0.39, 0.29) is 18.6 Å². The third-order valence-corrected chi connectivity index (χ3v) is 6.21. The van der Waals surface area contributed by atoms with E-state index in [0.717, 1.165) is 37.2 Å². The van der Waals surface area contributed by atoms with Crippen LogP contribution in [0.5, 0.6) is 5.75 Å². The van der Waals surface area contributed by atoms with Crippen molar-refractivity contribution < 1.29 is 19.0 Å². The van der Waals surface area contributed by atoms with Crippen LogP contribution in [0.3, 0.4) is 0 Å². The first-order valence-corrected chi connectivity index (χ1v) is 11.0. The average Bonchev–Trinajstić information content (AvgIpc) is 2.72. The van der Waals surface area contributed by atoms with Crippen LogP contribution in [0, 0.1) is 25.6 Å². The molecule has 1 aliphatic rings. The van der Waals surface area contributed by atoms with E-state index in [1.165, 1.54) is 23.3 Å². The Morgan fingerprint density at radius 2 is 2.00 bits per heavy atom. The minimum Gasteiger partial charge on any atom is -0.493 e. The maximum atomic E-state index is 13.3. The molecular weight excluding hydrogens is 395 g/mol. The van der Waals surface area contributed by atoms with Gasteiger partial charge in [-0.3, -0.25) is 9.69 Å². The predicted octanol–water partition coefficient (Wildman–Crippen LogP) is 4.02. The molecule has 2 N–H and O–H groups in total. The SMILES string of the molecule is Cc1c(OCCCCO)ccc(C(C)N2CC(CNC(=O)c3cccc(F)c3)C2)c1C. The maximum absolute atomic E-state index is 13.3. The second-order valence-corrected chi connectivity index (χ2v) is 8.40. The third-order valence-electron chi connectivity index (χ3n) is 6.21. The van der Waals surface area contributed by atoms with Crippen LogP contribution in [0.15, 0.2) is 36.4 Å². The van der Waals surface area contributed by atoms with Gasteiger partial charge in [0.15, 0.2) is 0 Å². The number of hydrogen-bond donors (Lipinski definition) is 2. The van der Waals surface area contributed by atoms with Gasteiger partial charge in [-0.2, -0.15) is 0 Å². The van der Waals surface area contributed by atoms with Crippen molar-refractivity contribution in [2.24, 2.45) is 5.92 Å². The van der Waals surface area contributed by atoms with Crippen molar-refractivity contribution in [2.45, 2.75) is 39.7 Å². The first-order chi connectivity index (χ1) is 14.9. The lowest BCUT2D eigenvalue weighted by Crippen LogP contribution is -2.52. The third kappa shape index (κ3) is 5.83. The monoisotopic (exact) mass is 428 g/mol. The molecule has 1 saturated heterocycles. The summed E-state index contributed by atoms with van der Waals surface area (Å²) < 4.78 is 19.2. The number of amides is 1. The molecule has 1 fully saturated rings. The van der Waals surface area contributed by atoms with E-state index in [2.05, 4.69) is 37.1 Å². The number of likely N-dealkylation sites (tertiary alicyclic amines) is 1. The highest BCUT2D eigenvalue weighted by Gasteiger charge is 2.32. The number of carbonyl (C=O) groups is 1. The molecule has 2 aromatic rings. The summed E-state index contributed by atoms with van der Waals surface area (Å²) >= 11 is 0. The van der Waals surface area contributed by atoms with E-state index in [4.69, 9.17) is 9.84 Å². The number of rotatable bonds is 10. The lowest BCUT2D eigenvalue weighted by molar-refractivity contribution is 0.0569. The summed E-state index contributed by atoms with van der Waals surface area (Å²) in [7, 11) is 0. The molecule has 3 rings (SSSR count). The summed E-state index contributed by atoms with van der Waals surface area (Å²) in [6, 6.07) is 10.2. The molecule has 1 amide bonds. The van der Waals surface area contributed by atoms with Crippen LogP contribution in [0.2, 0.25) is 0 Å². The summed E-state index contributed by atoms with van der Waals surface area (Å²) in [5.74, 6) is 0.680. The molecule has 1 heterocycles. The second kappa shape index (κ2) is 10.7. The normalized spacial score (nSPS) is 15.4. The highest BCUT2D eigenvalue weighted by Crippen LogP contribution is 2.34. The van der Waals surface area contributed by atoms with Crippen molar-refractivity contribution in [1.29, 1.82) is 0 Å². The van der Waals surface area contributed by atoms with Gasteiger partial charge >= 0.3 is 0 Å². The lowest BCUT2D eigenvalue weighted by Gasteiger charge is -2.44. The molecule has 31 heavy (non-hydrogen) atoms. The zero-order chi connectivity index (χ0) is 22.4. The van der Waals surface area contributed by atoms with Gasteiger partial charge in [-0.25, -0.2) is 4.39 Å². The van der Waals surface area contributed by atoms with Crippen molar-refractivity contribution in [1.82, 2.24) is 10.2 Å². The number of aliphatic hydroxyl groups excluding tert-OH is 1. The predicted molar refractivity (Wildman–Crippen MR) is 120 cm³/mol. The molecule has 0 radical (unpaired) electrons. The highest BCUT2D eigenvalue weighted by molar-refractivity contribution is 5.94. The minimum atomic E-state index is -0.400. The summed E-state index contributed by atoms with van der Waals surface area (Å²) in [5.41, 5.74) is 4.06. The Labute approximate surface area is 184 Å². The van der Waals surface area contributed by atoms with Crippen molar-refractivity contribution in [3.8, 4) is 5.75 Å². The number of carbonyl (C=O) groups excluding carboxylic acids is 1. The smallest absolute Gasteiger partial charge is 0.251 e. The van der Waals surface area contributed by atoms with Gasteiger partial charge in [0.05, 0.1) is 6.61 Å². The first-order valence-electron chi connectivity index (χ1n) is 11.0. The number of nitrogens with zero attached hydrogens (tertiary/aromatic N) is 1. The molecule has 1 aliphatic heterocycles. The molecule has 1 atom stereocenters. The van der Waals surface area contributed by atoms with E-state index in [0.29, 0.717) is 24.6 Å². The lowest BCUT2D eigenvalue weighted by atomic mass is 9.91. The van der Waals surface area contributed by atoms with Crippen molar-refractivity contribution in [2.75, 3.05) is 32.8 Å². The van der Waals surface area contributed by atoms with E-state index < -0.39 is 5.82 Å². The number of unbranched alkanes of at least 4 members (excludes halogenated alkanes) is 1. The Hall–Kier alpha value is -2.44. The molecule has 5 nitrogen and oxygen atoms in total. The van der Waals surface area contributed by atoms with Gasteiger partial charge < -0.3 is 15.2 Å². The molecule has 0 spiro atoms. The van der Waals surface area contributed by atoms with Crippen LogP contribution in [0.4, 0.5) is 4.39 Å². The van der Waals surface area contributed by atoms with E-state index >= 15 is 0 Å². The Kier molecular flexibility index (Phi) is 8.04. The molecule has 6 heteroatoms. The van der Waals surface area contributed by atoms with Crippen LogP contribution < -0.4 is 10.1 Å². The second-order valence-electron chi connectivity index (χ2n) is 8.40. The maximum Gasteiger partial charge on any atom is 0.251 e. The van der Waals surface area contributed by atoms with Crippen LogP contribution in [0.1, 0.15) is 52.9 Å². The van der Waals surface area contributed by atoms with E-state index in [1.807, 2.05) is 6.07 Å². The quantitative estimate of drug-likeness (QED) is 0.561. The molecule has 2 aromatic carbocycles. The van der Waals surface area contributed by atoms with Gasteiger partial charge in [-0.05, 0) is 74.6 Å². The fourth-order valence-electron chi connectivity index (χ4n) is 4.04. The minimum absolute atomic E-state index is 0.198. The van der Waals surface area contributed by atoms with Gasteiger partial charge in [0, 0.05) is 43.8 Å². The van der Waals surface area contributed by atoms with Crippen LogP contribution in [0.25, 0.3) is 0 Å². The first kappa shape index (κ1) is 23.2. The topological polar surface area (TPSA) is 61.8 Å². The van der Waals surface area contributed by atoms with E-state index in [9.17, 15) is 9.18 Å². The number of benzene rings is 2. The molecule has 168 valence electrons. The molecule has 1 unspecified atom stereocenters. The zero-order valence-electron chi connectivity index (χ0n) is 18.7. The van der Waals surface area contributed by atoms with Gasteiger partial charge in [0.1, 0.15) is 11.6 Å². The number of aliphatic hydroxyl groups is 1. The molecule has 0 bridgehead atoms. The van der Waals surface area contributed by atoms with Crippen LogP contribution >= 0.6 is 0 Å². The van der Waals surface area contributed by atoms with Gasteiger partial charge in [0.25, 0.3) is 5.91 Å². The molecule has 0 aliphatic carbocycles. The van der Waals surface area contributed by atoms with Crippen LogP contribution in [-0.4, -0.2) is 48.8 Å². The summed E-state index contributed by atoms with van der Waals surface area (Å²) in [5, 5.41) is 11.8. The van der Waals surface area contributed by atoms with Gasteiger partial charge in [0.2, 0.25) is 0 Å². The Morgan fingerprint density at radius 1 is 1.23 bits per heavy atom. The Balaban J connectivity index is 1.49. The standard InChI is InChI=1S/C25H33FN2O3/c1-17-18(2)24(31-12-5-4-11-29)10-9-23(17)19(3)28-15-20(16-28)14-27-25(30)21-7-6-8-22(26)13-21/h6-10,13,19-20,29H,4-5,11-12,14-16H2,1-3H3,(H,27,30). The van der Waals surface area contributed by atoms with Crippen molar-refractivity contribution in [3.05, 3.63) is 64.5 Å². The number of ether oxygens (including phenoxy) is 1. The van der Waals surface area contributed by atoms with Gasteiger partial charge in [-0.15, -0.1) is 0 Å². The zero-order valence-corrected chi connectivity index (χ0v) is 18.7. The number of nitrogens with one attached hydrogen (secondary N) is 1. The molecule has 0 aromatic heterocycles. The largest absolute Gasteiger partial charge is 0.493 e. The average molecular weight is 429 g/mol. The Morgan fingerprint density at radius 3 is 2.71 bits per heavy atom. The van der Waals surface area contributed by atoms with Crippen molar-refractivity contribution in [3.63, 3.8) is 0 Å².